The van der Waals surface area contributed by atoms with Crippen LogP contribution >= 0.6 is 24.0 Å². The first-order valence-corrected chi connectivity index (χ1v) is 9.61. The summed E-state index contributed by atoms with van der Waals surface area (Å²) in [5.41, 5.74) is 2.27. The highest BCUT2D eigenvalue weighted by molar-refractivity contribution is 14.0. The molecular formula is C20H28IN5O. The molecule has 2 N–H and O–H groups in total. The Kier molecular flexibility index (Phi) is 7.12. The van der Waals surface area contributed by atoms with Gasteiger partial charge in [0.05, 0.1) is 30.1 Å². The van der Waals surface area contributed by atoms with Crippen molar-refractivity contribution in [1.82, 2.24) is 20.4 Å². The van der Waals surface area contributed by atoms with Gasteiger partial charge >= 0.3 is 0 Å². The number of para-hydroxylation sites is 1. The zero-order valence-corrected chi connectivity index (χ0v) is 18.0. The number of benzene rings is 1. The molecule has 0 amide bonds. The van der Waals surface area contributed by atoms with E-state index in [1.54, 1.807) is 0 Å². The van der Waals surface area contributed by atoms with Crippen molar-refractivity contribution in [1.29, 1.82) is 0 Å². The summed E-state index contributed by atoms with van der Waals surface area (Å²) in [5, 5.41) is 11.4. The minimum absolute atomic E-state index is 0. The van der Waals surface area contributed by atoms with E-state index in [4.69, 9.17) is 9.73 Å². The van der Waals surface area contributed by atoms with Crippen LogP contribution in [0.2, 0.25) is 0 Å². The Bertz CT molecular complexity index is 748. The molecule has 0 radical (unpaired) electrons. The summed E-state index contributed by atoms with van der Waals surface area (Å²) in [6.45, 7) is 3.69. The van der Waals surface area contributed by atoms with Crippen LogP contribution in [-0.4, -0.2) is 47.1 Å². The van der Waals surface area contributed by atoms with Gasteiger partial charge in [0.2, 0.25) is 0 Å². The second-order valence-corrected chi connectivity index (χ2v) is 7.00. The van der Waals surface area contributed by atoms with E-state index < -0.39 is 0 Å². The minimum atomic E-state index is 0. The smallest absolute Gasteiger partial charge is 0.191 e. The molecule has 2 aliphatic heterocycles. The number of aromatic nitrogens is 2. The van der Waals surface area contributed by atoms with Crippen LogP contribution in [-0.2, 0) is 11.2 Å². The van der Waals surface area contributed by atoms with Crippen molar-refractivity contribution in [2.24, 2.45) is 4.99 Å². The highest BCUT2D eigenvalue weighted by Crippen LogP contribution is 2.34. The summed E-state index contributed by atoms with van der Waals surface area (Å²) in [7, 11) is 0. The lowest BCUT2D eigenvalue weighted by Gasteiger charge is -2.22. The van der Waals surface area contributed by atoms with Crippen LogP contribution in [0.3, 0.4) is 0 Å². The molecule has 146 valence electrons. The molecule has 4 rings (SSSR count). The van der Waals surface area contributed by atoms with Crippen molar-refractivity contribution in [3.05, 3.63) is 48.3 Å². The number of nitrogens with one attached hydrogen (secondary N) is 2. The van der Waals surface area contributed by atoms with E-state index in [1.165, 1.54) is 18.4 Å². The number of halogens is 1. The highest BCUT2D eigenvalue weighted by atomic mass is 127. The van der Waals surface area contributed by atoms with Crippen LogP contribution < -0.4 is 10.6 Å². The fourth-order valence-electron chi connectivity index (χ4n) is 3.79. The molecule has 6 nitrogen and oxygen atoms in total. The van der Waals surface area contributed by atoms with Gasteiger partial charge in [-0.3, -0.25) is 4.99 Å². The van der Waals surface area contributed by atoms with Crippen LogP contribution in [0, 0.1) is 0 Å². The number of hydrogen-bond acceptors (Lipinski definition) is 3. The summed E-state index contributed by atoms with van der Waals surface area (Å²) >= 11 is 0. The monoisotopic (exact) mass is 481 g/mol. The third-order valence-electron chi connectivity index (χ3n) is 5.10. The van der Waals surface area contributed by atoms with Gasteiger partial charge in [0.15, 0.2) is 5.96 Å². The maximum absolute atomic E-state index is 5.93. The fraction of sp³-hybridized carbons (Fsp3) is 0.500. The third kappa shape index (κ3) is 5.01. The van der Waals surface area contributed by atoms with Crippen molar-refractivity contribution < 1.29 is 4.74 Å². The van der Waals surface area contributed by atoms with Crippen molar-refractivity contribution >= 4 is 29.9 Å². The molecule has 3 unspecified atom stereocenters. The molecule has 3 heterocycles. The lowest BCUT2D eigenvalue weighted by Crippen LogP contribution is -2.47. The Morgan fingerprint density at radius 1 is 1.30 bits per heavy atom. The van der Waals surface area contributed by atoms with Gasteiger partial charge in [-0.05, 0) is 50.3 Å². The zero-order valence-electron chi connectivity index (χ0n) is 15.7. The molecule has 7 heteroatoms. The SMILES string of the molecule is CCNC(=NCCc1cnn(-c2ccccc2)c1)NC1CC2CCC1O2.I. The molecule has 3 atom stereocenters. The van der Waals surface area contributed by atoms with Gasteiger partial charge in [-0.2, -0.15) is 5.10 Å². The number of hydrogen-bond donors (Lipinski definition) is 2. The average Bonchev–Trinajstić information content (AvgIpc) is 3.39. The van der Waals surface area contributed by atoms with E-state index in [1.807, 2.05) is 29.1 Å². The number of fused-ring (bicyclic) bond motifs is 2. The molecule has 2 fully saturated rings. The second-order valence-electron chi connectivity index (χ2n) is 7.00. The molecule has 0 saturated carbocycles. The topological polar surface area (TPSA) is 63.5 Å². The lowest BCUT2D eigenvalue weighted by molar-refractivity contribution is 0.0992. The molecule has 27 heavy (non-hydrogen) atoms. The summed E-state index contributed by atoms with van der Waals surface area (Å²) < 4.78 is 7.84. The predicted octanol–water partition coefficient (Wildman–Crippen LogP) is 2.91. The highest BCUT2D eigenvalue weighted by Gasteiger charge is 2.41. The maximum Gasteiger partial charge on any atom is 0.191 e. The first kappa shape index (κ1) is 20.1. The molecule has 2 aliphatic rings. The lowest BCUT2D eigenvalue weighted by atomic mass is 9.96. The molecular weight excluding hydrogens is 453 g/mol. The third-order valence-corrected chi connectivity index (χ3v) is 5.10. The van der Waals surface area contributed by atoms with Crippen LogP contribution in [0.1, 0.15) is 31.7 Å². The van der Waals surface area contributed by atoms with Gasteiger partial charge in [0, 0.05) is 19.3 Å². The molecule has 2 bridgehead atoms. The fourth-order valence-corrected chi connectivity index (χ4v) is 3.79. The molecule has 1 aromatic heterocycles. The number of guanidine groups is 1. The Morgan fingerprint density at radius 3 is 2.85 bits per heavy atom. The van der Waals surface area contributed by atoms with E-state index in [2.05, 4.69) is 41.0 Å². The molecule has 0 spiro atoms. The van der Waals surface area contributed by atoms with Crippen LogP contribution in [0.4, 0.5) is 0 Å². The second kappa shape index (κ2) is 9.54. The van der Waals surface area contributed by atoms with E-state index >= 15 is 0 Å². The zero-order chi connectivity index (χ0) is 17.8. The Hall–Kier alpha value is -1.61. The normalized spacial score (nSPS) is 23.9. The van der Waals surface area contributed by atoms with E-state index in [0.717, 1.165) is 37.6 Å². The number of aliphatic imine (C=N–C) groups is 1. The summed E-state index contributed by atoms with van der Waals surface area (Å²) in [6.07, 6.45) is 9.15. The number of nitrogens with zero attached hydrogens (tertiary/aromatic N) is 3. The molecule has 0 aliphatic carbocycles. The Labute approximate surface area is 177 Å². The van der Waals surface area contributed by atoms with Crippen LogP contribution in [0.15, 0.2) is 47.7 Å². The number of rotatable bonds is 6. The van der Waals surface area contributed by atoms with Crippen LogP contribution in [0.5, 0.6) is 0 Å². The standard InChI is InChI=1S/C20H27N5O.HI/c1-2-21-20(24-18-12-17-8-9-19(18)26-17)22-11-10-15-13-23-25(14-15)16-6-4-3-5-7-16;/h3-7,13-14,17-19H,2,8-12H2,1H3,(H2,21,22,24);1H. The van der Waals surface area contributed by atoms with Crippen LogP contribution in [0.25, 0.3) is 5.69 Å². The van der Waals surface area contributed by atoms with Crippen molar-refractivity contribution in [3.8, 4) is 5.69 Å². The molecule has 2 aromatic rings. The van der Waals surface area contributed by atoms with Gasteiger partial charge in [-0.1, -0.05) is 18.2 Å². The van der Waals surface area contributed by atoms with E-state index in [0.29, 0.717) is 18.2 Å². The number of ether oxygens (including phenoxy) is 1. The van der Waals surface area contributed by atoms with Gasteiger partial charge in [0.25, 0.3) is 0 Å². The largest absolute Gasteiger partial charge is 0.373 e. The summed E-state index contributed by atoms with van der Waals surface area (Å²) in [5.74, 6) is 0.893. The average molecular weight is 481 g/mol. The summed E-state index contributed by atoms with van der Waals surface area (Å²) in [6, 6.07) is 10.6. The summed E-state index contributed by atoms with van der Waals surface area (Å²) in [4.78, 5) is 4.74. The maximum atomic E-state index is 5.93. The van der Waals surface area contributed by atoms with Gasteiger partial charge < -0.3 is 15.4 Å². The first-order valence-electron chi connectivity index (χ1n) is 9.61. The first-order chi connectivity index (χ1) is 12.8. The van der Waals surface area contributed by atoms with Gasteiger partial charge in [-0.15, -0.1) is 24.0 Å². The van der Waals surface area contributed by atoms with Crippen molar-refractivity contribution in [2.75, 3.05) is 13.1 Å². The predicted molar refractivity (Wildman–Crippen MR) is 118 cm³/mol. The van der Waals surface area contributed by atoms with E-state index in [9.17, 15) is 0 Å². The molecule has 2 saturated heterocycles. The van der Waals surface area contributed by atoms with Crippen molar-refractivity contribution in [3.63, 3.8) is 0 Å². The quantitative estimate of drug-likeness (QED) is 0.379. The Balaban J connectivity index is 0.00000210. The van der Waals surface area contributed by atoms with Gasteiger partial charge in [-0.25, -0.2) is 4.68 Å². The van der Waals surface area contributed by atoms with Crippen molar-refractivity contribution in [2.45, 2.75) is 50.9 Å². The Morgan fingerprint density at radius 2 is 2.15 bits per heavy atom. The minimum Gasteiger partial charge on any atom is -0.373 e. The van der Waals surface area contributed by atoms with E-state index in [-0.39, 0.29) is 24.0 Å². The molecule has 1 aromatic carbocycles. The van der Waals surface area contributed by atoms with Gasteiger partial charge in [0.1, 0.15) is 0 Å².